The van der Waals surface area contributed by atoms with Crippen molar-refractivity contribution in [3.05, 3.63) is 87.4 Å². The van der Waals surface area contributed by atoms with Gasteiger partial charge in [0.2, 0.25) is 0 Å². The summed E-state index contributed by atoms with van der Waals surface area (Å²) in [6.45, 7) is 2.33. The Hall–Kier alpha value is -3.20. The molecule has 2 aliphatic heterocycles. The van der Waals surface area contributed by atoms with Gasteiger partial charge in [-0.3, -0.25) is 9.80 Å². The highest BCUT2D eigenvalue weighted by molar-refractivity contribution is 6.39. The predicted molar refractivity (Wildman–Crippen MR) is 136 cm³/mol. The topological polar surface area (TPSA) is 70.1 Å². The summed E-state index contributed by atoms with van der Waals surface area (Å²) >= 11 is 13.0. The molecule has 1 N–H and O–H groups in total. The van der Waals surface area contributed by atoms with Crippen LogP contribution in [0.5, 0.6) is 0 Å². The number of carbonyl (C=O) groups excluding carboxylic acids is 1. The van der Waals surface area contributed by atoms with Crippen molar-refractivity contribution in [2.75, 3.05) is 24.5 Å². The highest BCUT2D eigenvalue weighted by Crippen LogP contribution is 2.39. The lowest BCUT2D eigenvalue weighted by molar-refractivity contribution is -0.000979. The molecule has 0 aliphatic carbocycles. The molecular formula is C27H22Cl2F2N2O4. The second kappa shape index (κ2) is 9.93. The molecule has 1 spiro atoms. The molecule has 2 heterocycles. The molecule has 0 aromatic heterocycles. The predicted octanol–water partition coefficient (Wildman–Crippen LogP) is 6.63. The summed E-state index contributed by atoms with van der Waals surface area (Å²) in [4.78, 5) is 27.4. The number of nitrogens with zero attached hydrogens (tertiary/aromatic N) is 2. The fourth-order valence-electron chi connectivity index (χ4n) is 4.89. The van der Waals surface area contributed by atoms with Gasteiger partial charge in [0, 0.05) is 43.7 Å². The largest absolute Gasteiger partial charge is 0.478 e. The average molecular weight is 547 g/mol. The summed E-state index contributed by atoms with van der Waals surface area (Å²) in [6.07, 6.45) is 0.830. The molecule has 0 saturated carbocycles. The number of anilines is 1. The quantitative estimate of drug-likeness (QED) is 0.389. The highest BCUT2D eigenvalue weighted by Gasteiger charge is 2.47. The number of hydrogen-bond acceptors (Lipinski definition) is 4. The lowest BCUT2D eigenvalue weighted by Gasteiger charge is -2.37. The van der Waals surface area contributed by atoms with Crippen LogP contribution in [0.25, 0.3) is 11.1 Å². The molecule has 1 amide bonds. The molecule has 3 aromatic rings. The van der Waals surface area contributed by atoms with Crippen LogP contribution < -0.4 is 4.90 Å². The number of halogens is 4. The van der Waals surface area contributed by atoms with Crippen molar-refractivity contribution in [1.82, 2.24) is 4.90 Å². The molecule has 10 heteroatoms. The van der Waals surface area contributed by atoms with Crippen molar-refractivity contribution >= 4 is 41.0 Å². The second-order valence-corrected chi connectivity index (χ2v) is 10.1. The maximum Gasteiger partial charge on any atom is 0.415 e. The number of amides is 1. The van der Waals surface area contributed by atoms with Crippen molar-refractivity contribution in [1.29, 1.82) is 0 Å². The van der Waals surface area contributed by atoms with Crippen LogP contribution in [0.3, 0.4) is 0 Å². The summed E-state index contributed by atoms with van der Waals surface area (Å²) < 4.78 is 32.8. The van der Waals surface area contributed by atoms with Crippen LogP contribution in [0, 0.1) is 11.6 Å². The number of rotatable bonds is 5. The van der Waals surface area contributed by atoms with Gasteiger partial charge >= 0.3 is 12.1 Å². The van der Waals surface area contributed by atoms with E-state index >= 15 is 0 Å². The van der Waals surface area contributed by atoms with Crippen LogP contribution in [-0.4, -0.2) is 47.3 Å². The van der Waals surface area contributed by atoms with E-state index in [1.54, 1.807) is 24.3 Å². The molecule has 2 saturated heterocycles. The van der Waals surface area contributed by atoms with Gasteiger partial charge in [-0.2, -0.15) is 0 Å². The Morgan fingerprint density at radius 3 is 2.22 bits per heavy atom. The van der Waals surface area contributed by atoms with Gasteiger partial charge in [-0.05, 0) is 59.7 Å². The van der Waals surface area contributed by atoms with Gasteiger partial charge in [-0.25, -0.2) is 18.4 Å². The first-order chi connectivity index (χ1) is 17.6. The van der Waals surface area contributed by atoms with E-state index in [1.165, 1.54) is 23.1 Å². The number of likely N-dealkylation sites (tertiary alicyclic amines) is 1. The van der Waals surface area contributed by atoms with Gasteiger partial charge < -0.3 is 9.84 Å². The number of carboxylic acids is 1. The number of hydrogen-bond donors (Lipinski definition) is 1. The Labute approximate surface area is 222 Å². The fourth-order valence-corrected chi connectivity index (χ4v) is 5.64. The molecule has 0 radical (unpaired) electrons. The number of carbonyl (C=O) groups is 2. The van der Waals surface area contributed by atoms with Crippen molar-refractivity contribution < 1.29 is 28.2 Å². The summed E-state index contributed by atoms with van der Waals surface area (Å²) in [5.41, 5.74) is 1.85. The maximum atomic E-state index is 13.7. The number of piperidine rings is 1. The minimum atomic E-state index is -1.03. The lowest BCUT2D eigenvalue weighted by Crippen LogP contribution is -2.46. The van der Waals surface area contributed by atoms with Crippen LogP contribution >= 0.6 is 23.2 Å². The molecule has 5 rings (SSSR count). The fraction of sp³-hybridized carbons (Fsp3) is 0.259. The van der Waals surface area contributed by atoms with E-state index < -0.39 is 29.3 Å². The van der Waals surface area contributed by atoms with Crippen molar-refractivity contribution in [2.45, 2.75) is 25.0 Å². The minimum Gasteiger partial charge on any atom is -0.478 e. The van der Waals surface area contributed by atoms with E-state index in [4.69, 9.17) is 33.0 Å². The van der Waals surface area contributed by atoms with Crippen molar-refractivity contribution in [3.63, 3.8) is 0 Å². The van der Waals surface area contributed by atoms with Gasteiger partial charge in [-0.15, -0.1) is 0 Å². The Bertz CT molecular complexity index is 1350. The third-order valence-corrected chi connectivity index (χ3v) is 7.48. The third kappa shape index (κ3) is 5.14. The molecule has 3 aromatic carbocycles. The normalized spacial score (nSPS) is 17.3. The maximum absolute atomic E-state index is 13.7. The summed E-state index contributed by atoms with van der Waals surface area (Å²) in [7, 11) is 0. The van der Waals surface area contributed by atoms with Crippen LogP contribution in [0.4, 0.5) is 19.3 Å². The van der Waals surface area contributed by atoms with E-state index in [9.17, 15) is 18.4 Å². The van der Waals surface area contributed by atoms with Gasteiger partial charge in [0.05, 0.1) is 22.2 Å². The summed E-state index contributed by atoms with van der Waals surface area (Å²) in [6, 6.07) is 13.2. The van der Waals surface area contributed by atoms with Crippen LogP contribution in [0.2, 0.25) is 10.0 Å². The zero-order chi connectivity index (χ0) is 26.3. The SMILES string of the molecule is O=C(O)c1ccc(N2CC3(CCN(Cc4cc(Cl)c(-c5ccc(F)c(F)c5)c(Cl)c4)CC3)OC2=O)cc1. The Morgan fingerprint density at radius 1 is 0.973 bits per heavy atom. The second-order valence-electron chi connectivity index (χ2n) is 9.33. The standard InChI is InChI=1S/C27H22Cl2F2N2O4/c28-20-11-16(12-21(29)24(20)18-3-6-22(30)23(31)13-18)14-32-9-7-27(8-10-32)15-33(26(36)37-27)19-4-1-17(2-5-19)25(34)35/h1-6,11-13H,7-10,14-15H2,(H,34,35). The third-order valence-electron chi connectivity index (χ3n) is 6.88. The average Bonchev–Trinajstić information content (AvgIpc) is 3.18. The first-order valence-corrected chi connectivity index (χ1v) is 12.4. The van der Waals surface area contributed by atoms with Gasteiger partial charge in [0.1, 0.15) is 5.60 Å². The van der Waals surface area contributed by atoms with Gasteiger partial charge in [0.15, 0.2) is 11.6 Å². The Morgan fingerprint density at radius 2 is 1.62 bits per heavy atom. The van der Waals surface area contributed by atoms with E-state index in [0.717, 1.165) is 17.7 Å². The van der Waals surface area contributed by atoms with Gasteiger partial charge in [-0.1, -0.05) is 29.3 Å². The Kier molecular flexibility index (Phi) is 6.83. The molecular weight excluding hydrogens is 525 g/mol. The Balaban J connectivity index is 1.24. The minimum absolute atomic E-state index is 0.150. The van der Waals surface area contributed by atoms with Gasteiger partial charge in [0.25, 0.3) is 0 Å². The number of ether oxygens (including phenoxy) is 1. The van der Waals surface area contributed by atoms with Crippen molar-refractivity contribution in [2.24, 2.45) is 0 Å². The van der Waals surface area contributed by atoms with Crippen LogP contribution in [0.15, 0.2) is 54.6 Å². The molecule has 2 aliphatic rings. The van der Waals surface area contributed by atoms with Crippen molar-refractivity contribution in [3.8, 4) is 11.1 Å². The smallest absolute Gasteiger partial charge is 0.415 e. The monoisotopic (exact) mass is 546 g/mol. The molecule has 0 atom stereocenters. The lowest BCUT2D eigenvalue weighted by atomic mass is 9.91. The van der Waals surface area contributed by atoms with E-state index in [2.05, 4.69) is 4.90 Å². The molecule has 0 unspecified atom stereocenters. The first-order valence-electron chi connectivity index (χ1n) is 11.6. The van der Waals surface area contributed by atoms with E-state index in [-0.39, 0.29) is 5.56 Å². The molecule has 0 bridgehead atoms. The molecule has 37 heavy (non-hydrogen) atoms. The van der Waals surface area contributed by atoms with E-state index in [0.29, 0.717) is 65.9 Å². The number of carboxylic acid groups (broad SMARTS) is 1. The molecule has 192 valence electrons. The molecule has 6 nitrogen and oxygen atoms in total. The number of benzene rings is 3. The summed E-state index contributed by atoms with van der Waals surface area (Å²) in [5, 5.41) is 9.77. The van der Waals surface area contributed by atoms with Crippen LogP contribution in [0.1, 0.15) is 28.8 Å². The molecule has 2 fully saturated rings. The number of aromatic carboxylic acids is 1. The zero-order valence-corrected chi connectivity index (χ0v) is 21.0. The summed E-state index contributed by atoms with van der Waals surface area (Å²) in [5.74, 6) is -2.94. The zero-order valence-electron chi connectivity index (χ0n) is 19.5. The highest BCUT2D eigenvalue weighted by atomic mass is 35.5. The first kappa shape index (κ1) is 25.4. The van der Waals surface area contributed by atoms with Crippen LogP contribution in [-0.2, 0) is 11.3 Å². The van der Waals surface area contributed by atoms with E-state index in [1.807, 2.05) is 0 Å².